The van der Waals surface area contributed by atoms with Crippen molar-refractivity contribution in [3.05, 3.63) is 92.6 Å². The van der Waals surface area contributed by atoms with Crippen LogP contribution >= 0.6 is 0 Å². The maximum absolute atomic E-state index is 13.3. The molecule has 3 aromatic rings. The number of aromatic amines is 1. The molecule has 0 saturated heterocycles. The van der Waals surface area contributed by atoms with E-state index >= 15 is 0 Å². The van der Waals surface area contributed by atoms with E-state index in [1.54, 1.807) is 30.3 Å². The van der Waals surface area contributed by atoms with E-state index in [9.17, 15) is 14.4 Å². The van der Waals surface area contributed by atoms with Gasteiger partial charge >= 0.3 is 5.69 Å². The van der Waals surface area contributed by atoms with Crippen molar-refractivity contribution in [2.45, 2.75) is 13.1 Å². The highest BCUT2D eigenvalue weighted by Gasteiger charge is 2.25. The van der Waals surface area contributed by atoms with Gasteiger partial charge in [-0.2, -0.15) is 0 Å². The minimum atomic E-state index is -0.721. The van der Waals surface area contributed by atoms with Crippen molar-refractivity contribution in [3.8, 4) is 0 Å². The molecule has 0 aliphatic carbocycles. The van der Waals surface area contributed by atoms with Crippen LogP contribution in [0.5, 0.6) is 0 Å². The zero-order valence-corrected chi connectivity index (χ0v) is 16.0. The van der Waals surface area contributed by atoms with E-state index in [1.165, 1.54) is 16.6 Å². The quantitative estimate of drug-likeness (QED) is 0.633. The fourth-order valence-electron chi connectivity index (χ4n) is 3.00. The van der Waals surface area contributed by atoms with E-state index in [1.807, 2.05) is 30.3 Å². The van der Waals surface area contributed by atoms with E-state index in [4.69, 9.17) is 10.5 Å². The predicted molar refractivity (Wildman–Crippen MR) is 111 cm³/mol. The summed E-state index contributed by atoms with van der Waals surface area (Å²) < 4.78 is 6.20. The Morgan fingerprint density at radius 2 is 1.69 bits per heavy atom. The maximum Gasteiger partial charge on any atom is 0.330 e. The molecule has 0 unspecified atom stereocenters. The molecule has 0 aliphatic rings. The largest absolute Gasteiger partial charge is 0.383 e. The van der Waals surface area contributed by atoms with Gasteiger partial charge in [0.1, 0.15) is 5.82 Å². The summed E-state index contributed by atoms with van der Waals surface area (Å²) in [5, 5.41) is 0. The van der Waals surface area contributed by atoms with E-state index in [0.717, 1.165) is 5.56 Å². The van der Waals surface area contributed by atoms with E-state index in [2.05, 4.69) is 4.98 Å². The van der Waals surface area contributed by atoms with Gasteiger partial charge in [0.2, 0.25) is 0 Å². The molecule has 0 radical (unpaired) electrons. The van der Waals surface area contributed by atoms with Crippen LogP contribution in [0.4, 0.5) is 11.5 Å². The lowest BCUT2D eigenvalue weighted by molar-refractivity contribution is 0.0984. The second kappa shape index (κ2) is 9.03. The molecule has 1 amide bonds. The molecule has 2 aromatic carbocycles. The molecule has 0 saturated carbocycles. The molecule has 8 heteroatoms. The first-order valence-electron chi connectivity index (χ1n) is 9.05. The molecule has 0 spiro atoms. The van der Waals surface area contributed by atoms with Crippen LogP contribution in [-0.4, -0.2) is 29.2 Å². The zero-order chi connectivity index (χ0) is 20.8. The summed E-state index contributed by atoms with van der Waals surface area (Å²) in [7, 11) is 1.49. The van der Waals surface area contributed by atoms with Crippen LogP contribution in [0.3, 0.4) is 0 Å². The average Bonchev–Trinajstić information content (AvgIpc) is 2.73. The number of nitrogens with zero attached hydrogens (tertiary/aromatic N) is 2. The van der Waals surface area contributed by atoms with Crippen LogP contribution in [-0.2, 0) is 17.8 Å². The van der Waals surface area contributed by atoms with Gasteiger partial charge in [-0.3, -0.25) is 24.0 Å². The SMILES string of the molecule is COCCn1c(N)c(N(Cc2ccccc2)C(=O)c2ccccc2)c(=O)[nH]c1=O. The number of aromatic nitrogens is 2. The summed E-state index contributed by atoms with van der Waals surface area (Å²) in [6.07, 6.45) is 0. The van der Waals surface area contributed by atoms with Crippen molar-refractivity contribution in [1.82, 2.24) is 9.55 Å². The summed E-state index contributed by atoms with van der Waals surface area (Å²) in [5.74, 6) is -0.486. The van der Waals surface area contributed by atoms with Crippen molar-refractivity contribution in [2.24, 2.45) is 0 Å². The number of nitrogens with two attached hydrogens (primary N) is 1. The van der Waals surface area contributed by atoms with Gasteiger partial charge in [-0.25, -0.2) is 4.79 Å². The highest BCUT2D eigenvalue weighted by atomic mass is 16.5. The first-order chi connectivity index (χ1) is 14.0. The van der Waals surface area contributed by atoms with E-state index in [0.29, 0.717) is 5.56 Å². The Morgan fingerprint density at radius 1 is 1.07 bits per heavy atom. The third kappa shape index (κ3) is 4.44. The first-order valence-corrected chi connectivity index (χ1v) is 9.05. The average molecular weight is 394 g/mol. The van der Waals surface area contributed by atoms with E-state index in [-0.39, 0.29) is 31.2 Å². The minimum Gasteiger partial charge on any atom is -0.383 e. The Morgan fingerprint density at radius 3 is 2.31 bits per heavy atom. The molecule has 8 nitrogen and oxygen atoms in total. The number of benzene rings is 2. The molecule has 0 fully saturated rings. The summed E-state index contributed by atoms with van der Waals surface area (Å²) >= 11 is 0. The number of carbonyl (C=O) groups excluding carboxylic acids is 1. The standard InChI is InChI=1S/C21H22N4O4/c1-29-13-12-24-18(22)17(19(26)23-21(24)28)25(14-15-8-4-2-5-9-15)20(27)16-10-6-3-7-11-16/h2-11H,12-14,22H2,1H3,(H,23,26,28). The summed E-state index contributed by atoms with van der Waals surface area (Å²) in [5.41, 5.74) is 5.96. The summed E-state index contributed by atoms with van der Waals surface area (Å²) in [6.45, 7) is 0.481. The van der Waals surface area contributed by atoms with Crippen LogP contribution in [0.1, 0.15) is 15.9 Å². The number of H-pyrrole nitrogens is 1. The minimum absolute atomic E-state index is 0.0709. The van der Waals surface area contributed by atoms with Gasteiger partial charge in [-0.15, -0.1) is 0 Å². The smallest absolute Gasteiger partial charge is 0.330 e. The van der Waals surface area contributed by atoms with Crippen LogP contribution in [0, 0.1) is 0 Å². The molecule has 1 heterocycles. The Hall–Kier alpha value is -3.65. The Labute approximate surface area is 167 Å². The third-order valence-electron chi connectivity index (χ3n) is 4.45. The molecule has 0 bridgehead atoms. The summed E-state index contributed by atoms with van der Waals surface area (Å²) in [6, 6.07) is 17.8. The molecular weight excluding hydrogens is 372 g/mol. The Balaban J connectivity index is 2.14. The lowest BCUT2D eigenvalue weighted by atomic mass is 10.1. The van der Waals surface area contributed by atoms with Crippen molar-refractivity contribution >= 4 is 17.4 Å². The topological polar surface area (TPSA) is 110 Å². The second-order valence-electron chi connectivity index (χ2n) is 6.38. The van der Waals surface area contributed by atoms with E-state index < -0.39 is 17.2 Å². The predicted octanol–water partition coefficient (Wildman–Crippen LogP) is 1.61. The van der Waals surface area contributed by atoms with Gasteiger partial charge in [0.25, 0.3) is 11.5 Å². The normalized spacial score (nSPS) is 10.7. The number of nitrogens with one attached hydrogen (secondary N) is 1. The van der Waals surface area contributed by atoms with Crippen molar-refractivity contribution in [3.63, 3.8) is 0 Å². The molecule has 3 N–H and O–H groups in total. The molecule has 150 valence electrons. The Bertz CT molecular complexity index is 1090. The monoisotopic (exact) mass is 394 g/mol. The number of anilines is 2. The number of methoxy groups -OCH3 is 1. The molecule has 29 heavy (non-hydrogen) atoms. The molecule has 0 aliphatic heterocycles. The highest BCUT2D eigenvalue weighted by molar-refractivity contribution is 6.07. The molecule has 3 rings (SSSR count). The fraction of sp³-hybridized carbons (Fsp3) is 0.190. The lowest BCUT2D eigenvalue weighted by Crippen LogP contribution is -2.41. The van der Waals surface area contributed by atoms with Gasteiger partial charge in [-0.05, 0) is 17.7 Å². The Kier molecular flexibility index (Phi) is 6.25. The number of nitrogen functional groups attached to an aromatic ring is 1. The third-order valence-corrected chi connectivity index (χ3v) is 4.45. The van der Waals surface area contributed by atoms with Crippen molar-refractivity contribution < 1.29 is 9.53 Å². The number of hydrogen-bond donors (Lipinski definition) is 2. The molecular formula is C21H22N4O4. The summed E-state index contributed by atoms with van der Waals surface area (Å²) in [4.78, 5) is 41.7. The number of amides is 1. The van der Waals surface area contributed by atoms with Crippen molar-refractivity contribution in [2.75, 3.05) is 24.4 Å². The highest BCUT2D eigenvalue weighted by Crippen LogP contribution is 2.22. The molecule has 0 atom stereocenters. The number of carbonyl (C=O) groups is 1. The lowest BCUT2D eigenvalue weighted by Gasteiger charge is -2.24. The van der Waals surface area contributed by atoms with Gasteiger partial charge in [0.15, 0.2) is 5.69 Å². The van der Waals surface area contributed by atoms with Gasteiger partial charge in [0, 0.05) is 12.7 Å². The van der Waals surface area contributed by atoms with Crippen molar-refractivity contribution in [1.29, 1.82) is 0 Å². The van der Waals surface area contributed by atoms with Gasteiger partial charge in [0.05, 0.1) is 19.7 Å². The van der Waals surface area contributed by atoms with Crippen LogP contribution in [0.25, 0.3) is 0 Å². The molecule has 1 aromatic heterocycles. The van der Waals surface area contributed by atoms with Gasteiger partial charge in [-0.1, -0.05) is 48.5 Å². The fourth-order valence-corrected chi connectivity index (χ4v) is 3.00. The number of rotatable bonds is 7. The number of hydrogen-bond acceptors (Lipinski definition) is 5. The van der Waals surface area contributed by atoms with Crippen LogP contribution in [0.15, 0.2) is 70.3 Å². The van der Waals surface area contributed by atoms with Crippen LogP contribution in [0.2, 0.25) is 0 Å². The number of ether oxygens (including phenoxy) is 1. The van der Waals surface area contributed by atoms with Crippen LogP contribution < -0.4 is 21.9 Å². The second-order valence-corrected chi connectivity index (χ2v) is 6.38. The maximum atomic E-state index is 13.3. The zero-order valence-electron chi connectivity index (χ0n) is 16.0. The van der Waals surface area contributed by atoms with Gasteiger partial charge < -0.3 is 10.5 Å². The first kappa shape index (κ1) is 20.1.